The molecule has 0 saturated carbocycles. The molecule has 2 aromatic carbocycles. The number of carbonyl (C=O) groups is 1. The standard InChI is InChI=1S/C14H14FN3O/c1-18(11-5-3-10(15)4-6-11)13-7-2-9(14(17)19)8-12(13)16/h2-8H,16H2,1H3,(H2,17,19). The lowest BCUT2D eigenvalue weighted by atomic mass is 10.1. The van der Waals surface area contributed by atoms with E-state index >= 15 is 0 Å². The Hall–Kier alpha value is -2.56. The zero-order valence-electron chi connectivity index (χ0n) is 10.4. The van der Waals surface area contributed by atoms with Crippen LogP contribution in [0.15, 0.2) is 42.5 Å². The molecule has 0 saturated heterocycles. The predicted molar refractivity (Wildman–Crippen MR) is 73.8 cm³/mol. The minimum absolute atomic E-state index is 0.297. The lowest BCUT2D eigenvalue weighted by Gasteiger charge is -2.21. The number of halogens is 1. The highest BCUT2D eigenvalue weighted by molar-refractivity contribution is 5.95. The third-order valence-electron chi connectivity index (χ3n) is 2.89. The molecule has 0 aromatic heterocycles. The molecule has 0 bridgehead atoms. The van der Waals surface area contributed by atoms with Gasteiger partial charge in [0.05, 0.1) is 11.4 Å². The number of hydrogen-bond donors (Lipinski definition) is 2. The van der Waals surface area contributed by atoms with Crippen molar-refractivity contribution in [3.8, 4) is 0 Å². The molecule has 0 aliphatic rings. The molecule has 2 rings (SSSR count). The predicted octanol–water partition coefficient (Wildman–Crippen LogP) is 2.27. The van der Waals surface area contributed by atoms with E-state index in [0.29, 0.717) is 11.3 Å². The van der Waals surface area contributed by atoms with Crippen LogP contribution in [0, 0.1) is 5.82 Å². The molecule has 0 unspecified atom stereocenters. The third kappa shape index (κ3) is 2.65. The zero-order valence-corrected chi connectivity index (χ0v) is 10.4. The second-order valence-electron chi connectivity index (χ2n) is 4.17. The van der Waals surface area contributed by atoms with Gasteiger partial charge in [-0.25, -0.2) is 4.39 Å². The van der Waals surface area contributed by atoms with Crippen LogP contribution in [-0.2, 0) is 0 Å². The average Bonchev–Trinajstić information content (AvgIpc) is 2.38. The Kier molecular flexibility index (Phi) is 3.37. The first kappa shape index (κ1) is 12.9. The number of nitrogens with two attached hydrogens (primary N) is 2. The van der Waals surface area contributed by atoms with Crippen molar-refractivity contribution in [1.82, 2.24) is 0 Å². The molecule has 1 amide bonds. The maximum absolute atomic E-state index is 12.9. The van der Waals surface area contributed by atoms with Crippen molar-refractivity contribution in [3.05, 3.63) is 53.8 Å². The Bertz CT molecular complexity index is 611. The lowest BCUT2D eigenvalue weighted by Crippen LogP contribution is -2.14. The fourth-order valence-corrected chi connectivity index (χ4v) is 1.82. The highest BCUT2D eigenvalue weighted by Gasteiger charge is 2.10. The summed E-state index contributed by atoms with van der Waals surface area (Å²) in [7, 11) is 1.81. The Balaban J connectivity index is 2.36. The quantitative estimate of drug-likeness (QED) is 0.830. The van der Waals surface area contributed by atoms with E-state index < -0.39 is 5.91 Å². The van der Waals surface area contributed by atoms with Gasteiger partial charge in [0.2, 0.25) is 5.91 Å². The van der Waals surface area contributed by atoms with E-state index in [1.54, 1.807) is 29.2 Å². The van der Waals surface area contributed by atoms with Gasteiger partial charge >= 0.3 is 0 Å². The van der Waals surface area contributed by atoms with Gasteiger partial charge in [0, 0.05) is 18.3 Å². The molecule has 0 aliphatic carbocycles. The van der Waals surface area contributed by atoms with Crippen molar-refractivity contribution < 1.29 is 9.18 Å². The number of nitrogens with zero attached hydrogens (tertiary/aromatic N) is 1. The van der Waals surface area contributed by atoms with Crippen LogP contribution in [0.4, 0.5) is 21.5 Å². The van der Waals surface area contributed by atoms with Gasteiger partial charge in [-0.15, -0.1) is 0 Å². The van der Waals surface area contributed by atoms with E-state index in [1.165, 1.54) is 18.2 Å². The molecule has 0 heterocycles. The maximum Gasteiger partial charge on any atom is 0.248 e. The van der Waals surface area contributed by atoms with Crippen molar-refractivity contribution in [2.75, 3.05) is 17.7 Å². The van der Waals surface area contributed by atoms with E-state index in [0.717, 1.165) is 11.4 Å². The SMILES string of the molecule is CN(c1ccc(F)cc1)c1ccc(C(N)=O)cc1N. The van der Waals surface area contributed by atoms with Crippen molar-refractivity contribution in [2.24, 2.45) is 5.73 Å². The summed E-state index contributed by atoms with van der Waals surface area (Å²) < 4.78 is 12.9. The summed E-state index contributed by atoms with van der Waals surface area (Å²) in [5.41, 5.74) is 13.4. The molecule has 2 aromatic rings. The minimum atomic E-state index is -0.525. The first-order valence-corrected chi connectivity index (χ1v) is 5.67. The number of primary amides is 1. The van der Waals surface area contributed by atoms with Gasteiger partial charge in [0.15, 0.2) is 0 Å². The fraction of sp³-hybridized carbons (Fsp3) is 0.0714. The number of hydrogen-bond acceptors (Lipinski definition) is 3. The number of carbonyl (C=O) groups excluding carboxylic acids is 1. The molecule has 0 atom stereocenters. The van der Waals surface area contributed by atoms with Crippen molar-refractivity contribution in [2.45, 2.75) is 0 Å². The summed E-state index contributed by atoms with van der Waals surface area (Å²) in [5.74, 6) is -0.822. The summed E-state index contributed by atoms with van der Waals surface area (Å²) in [6.45, 7) is 0. The van der Waals surface area contributed by atoms with Crippen LogP contribution in [0.25, 0.3) is 0 Å². The topological polar surface area (TPSA) is 72.3 Å². The first-order valence-electron chi connectivity index (χ1n) is 5.67. The molecule has 0 spiro atoms. The van der Waals surface area contributed by atoms with E-state index in [-0.39, 0.29) is 5.82 Å². The van der Waals surface area contributed by atoms with E-state index in [9.17, 15) is 9.18 Å². The van der Waals surface area contributed by atoms with Gasteiger partial charge in [0.25, 0.3) is 0 Å². The van der Waals surface area contributed by atoms with Crippen LogP contribution in [-0.4, -0.2) is 13.0 Å². The van der Waals surface area contributed by atoms with E-state index in [2.05, 4.69) is 0 Å². The van der Waals surface area contributed by atoms with Crippen LogP contribution >= 0.6 is 0 Å². The van der Waals surface area contributed by atoms with Gasteiger partial charge in [0.1, 0.15) is 5.82 Å². The Morgan fingerprint density at radius 2 is 1.79 bits per heavy atom. The molecular formula is C14H14FN3O. The fourth-order valence-electron chi connectivity index (χ4n) is 1.82. The summed E-state index contributed by atoms with van der Waals surface area (Å²) >= 11 is 0. The Morgan fingerprint density at radius 3 is 2.32 bits per heavy atom. The number of rotatable bonds is 3. The summed E-state index contributed by atoms with van der Waals surface area (Å²) in [5, 5.41) is 0. The van der Waals surface area contributed by atoms with Crippen LogP contribution < -0.4 is 16.4 Å². The van der Waals surface area contributed by atoms with Crippen molar-refractivity contribution in [1.29, 1.82) is 0 Å². The van der Waals surface area contributed by atoms with Gasteiger partial charge in [-0.2, -0.15) is 0 Å². The Labute approximate surface area is 110 Å². The van der Waals surface area contributed by atoms with E-state index in [4.69, 9.17) is 11.5 Å². The second kappa shape index (κ2) is 4.97. The smallest absolute Gasteiger partial charge is 0.248 e. The van der Waals surface area contributed by atoms with Crippen molar-refractivity contribution in [3.63, 3.8) is 0 Å². The normalized spacial score (nSPS) is 10.2. The molecule has 4 nitrogen and oxygen atoms in total. The summed E-state index contributed by atoms with van der Waals surface area (Å²) in [4.78, 5) is 12.9. The number of amides is 1. The molecule has 98 valence electrons. The second-order valence-corrected chi connectivity index (χ2v) is 4.17. The summed E-state index contributed by atoms with van der Waals surface area (Å²) in [6.07, 6.45) is 0. The Morgan fingerprint density at radius 1 is 1.16 bits per heavy atom. The molecule has 4 N–H and O–H groups in total. The lowest BCUT2D eigenvalue weighted by molar-refractivity contribution is 0.100. The average molecular weight is 259 g/mol. The molecule has 19 heavy (non-hydrogen) atoms. The molecule has 0 aliphatic heterocycles. The molecule has 5 heteroatoms. The van der Waals surface area contributed by atoms with Crippen LogP contribution in [0.3, 0.4) is 0 Å². The third-order valence-corrected chi connectivity index (χ3v) is 2.89. The van der Waals surface area contributed by atoms with Gasteiger partial charge in [-0.3, -0.25) is 4.79 Å². The van der Waals surface area contributed by atoms with Gasteiger partial charge in [-0.1, -0.05) is 0 Å². The minimum Gasteiger partial charge on any atom is -0.397 e. The monoisotopic (exact) mass is 259 g/mol. The number of benzene rings is 2. The molecule has 0 fully saturated rings. The van der Waals surface area contributed by atoms with Gasteiger partial charge < -0.3 is 16.4 Å². The van der Waals surface area contributed by atoms with Crippen LogP contribution in [0.2, 0.25) is 0 Å². The first-order chi connectivity index (χ1) is 8.99. The molecule has 0 radical (unpaired) electrons. The van der Waals surface area contributed by atoms with Crippen LogP contribution in [0.1, 0.15) is 10.4 Å². The van der Waals surface area contributed by atoms with Crippen molar-refractivity contribution >= 4 is 23.0 Å². The molecular weight excluding hydrogens is 245 g/mol. The number of anilines is 3. The number of nitrogen functional groups attached to an aromatic ring is 1. The zero-order chi connectivity index (χ0) is 14.0. The highest BCUT2D eigenvalue weighted by Crippen LogP contribution is 2.29. The van der Waals surface area contributed by atoms with Crippen LogP contribution in [0.5, 0.6) is 0 Å². The van der Waals surface area contributed by atoms with Gasteiger partial charge in [-0.05, 0) is 42.5 Å². The summed E-state index contributed by atoms with van der Waals surface area (Å²) in [6, 6.07) is 10.9. The largest absolute Gasteiger partial charge is 0.397 e. The highest BCUT2D eigenvalue weighted by atomic mass is 19.1. The van der Waals surface area contributed by atoms with E-state index in [1.807, 2.05) is 7.05 Å². The maximum atomic E-state index is 12.9.